The molecule has 2 N–H and O–H groups in total. The normalized spacial score (nSPS) is 10.4. The summed E-state index contributed by atoms with van der Waals surface area (Å²) in [6, 6.07) is 18.8. The van der Waals surface area contributed by atoms with E-state index in [4.69, 9.17) is 4.74 Å². The van der Waals surface area contributed by atoms with E-state index in [1.807, 2.05) is 62.4 Å². The van der Waals surface area contributed by atoms with Crippen molar-refractivity contribution in [3.63, 3.8) is 0 Å². The fourth-order valence-electron chi connectivity index (χ4n) is 3.10. The predicted molar refractivity (Wildman–Crippen MR) is 124 cm³/mol. The fraction of sp³-hybridized carbons (Fsp3) is 0.208. The van der Waals surface area contributed by atoms with Gasteiger partial charge in [-0.2, -0.15) is 0 Å². The lowest BCUT2D eigenvalue weighted by Crippen LogP contribution is -2.25. The monoisotopic (exact) mass is 435 g/mol. The molecular weight excluding hydrogens is 410 g/mol. The van der Waals surface area contributed by atoms with Crippen molar-refractivity contribution in [2.24, 2.45) is 0 Å². The van der Waals surface area contributed by atoms with Gasteiger partial charge in [-0.15, -0.1) is 0 Å². The molecule has 3 rings (SSSR count). The largest absolute Gasteiger partial charge is 0.495 e. The van der Waals surface area contributed by atoms with Gasteiger partial charge >= 0.3 is 0 Å². The molecule has 0 unspecified atom stereocenters. The van der Waals surface area contributed by atoms with E-state index >= 15 is 0 Å². The quantitative estimate of drug-likeness (QED) is 0.514. The van der Waals surface area contributed by atoms with Crippen molar-refractivity contribution in [1.29, 1.82) is 0 Å². The number of aromatic nitrogens is 1. The maximum absolute atomic E-state index is 13.1. The van der Waals surface area contributed by atoms with Gasteiger partial charge in [0.2, 0.25) is 5.91 Å². The summed E-state index contributed by atoms with van der Waals surface area (Å²) < 4.78 is 5.32. The third-order valence-electron chi connectivity index (χ3n) is 4.57. The van der Waals surface area contributed by atoms with Gasteiger partial charge in [0.15, 0.2) is 0 Å². The standard InChI is InChI=1S/C24H25N3O3S/c1-16-13-17(2)26-24(31-15-21(28)25-14-18-9-5-4-6-10-18)22(16)23(29)27-19-11-7-8-12-20(19)30-3/h4-13H,14-15H2,1-3H3,(H,25,28)(H,27,29). The number of rotatable bonds is 8. The third kappa shape index (κ3) is 6.08. The van der Waals surface area contributed by atoms with Gasteiger partial charge in [0.05, 0.1) is 24.1 Å². The smallest absolute Gasteiger partial charge is 0.258 e. The van der Waals surface area contributed by atoms with E-state index in [2.05, 4.69) is 15.6 Å². The molecular formula is C24H25N3O3S. The summed E-state index contributed by atoms with van der Waals surface area (Å²) in [5.41, 5.74) is 3.65. The number of nitrogens with zero attached hydrogens (tertiary/aromatic N) is 1. The second kappa shape index (κ2) is 10.6. The molecule has 0 saturated carbocycles. The van der Waals surface area contributed by atoms with Gasteiger partial charge in [0.25, 0.3) is 5.91 Å². The number of aryl methyl sites for hydroxylation is 2. The molecule has 0 saturated heterocycles. The van der Waals surface area contributed by atoms with Gasteiger partial charge in [0, 0.05) is 12.2 Å². The van der Waals surface area contributed by atoms with Crippen LogP contribution in [0.3, 0.4) is 0 Å². The molecule has 0 bridgehead atoms. The highest BCUT2D eigenvalue weighted by Gasteiger charge is 2.19. The molecule has 0 atom stereocenters. The number of hydrogen-bond donors (Lipinski definition) is 2. The molecule has 31 heavy (non-hydrogen) atoms. The van der Waals surface area contributed by atoms with Crippen LogP contribution in [0.4, 0.5) is 5.69 Å². The molecule has 0 radical (unpaired) electrons. The zero-order chi connectivity index (χ0) is 22.2. The number of carbonyl (C=O) groups excluding carboxylic acids is 2. The van der Waals surface area contributed by atoms with E-state index in [1.165, 1.54) is 11.8 Å². The van der Waals surface area contributed by atoms with E-state index in [0.29, 0.717) is 28.6 Å². The molecule has 0 spiro atoms. The van der Waals surface area contributed by atoms with Gasteiger partial charge in [-0.1, -0.05) is 54.2 Å². The topological polar surface area (TPSA) is 80.3 Å². The minimum Gasteiger partial charge on any atom is -0.495 e. The van der Waals surface area contributed by atoms with Crippen LogP contribution in [0.25, 0.3) is 0 Å². The summed E-state index contributed by atoms with van der Waals surface area (Å²) in [5, 5.41) is 6.32. The van der Waals surface area contributed by atoms with Crippen molar-refractivity contribution in [1.82, 2.24) is 10.3 Å². The second-order valence-corrected chi connectivity index (χ2v) is 7.93. The highest BCUT2D eigenvalue weighted by Crippen LogP contribution is 2.28. The van der Waals surface area contributed by atoms with E-state index in [9.17, 15) is 9.59 Å². The highest BCUT2D eigenvalue weighted by atomic mass is 32.2. The molecule has 0 aliphatic heterocycles. The van der Waals surface area contributed by atoms with Crippen LogP contribution in [0.15, 0.2) is 65.7 Å². The number of nitrogens with one attached hydrogen (secondary N) is 2. The Morgan fingerprint density at radius 1 is 1.03 bits per heavy atom. The average molecular weight is 436 g/mol. The van der Waals surface area contributed by atoms with Crippen LogP contribution >= 0.6 is 11.8 Å². The number of para-hydroxylation sites is 2. The van der Waals surface area contributed by atoms with Crippen molar-refractivity contribution in [3.8, 4) is 5.75 Å². The van der Waals surface area contributed by atoms with Gasteiger partial charge in [0.1, 0.15) is 10.8 Å². The van der Waals surface area contributed by atoms with Crippen LogP contribution < -0.4 is 15.4 Å². The first-order valence-electron chi connectivity index (χ1n) is 9.84. The SMILES string of the molecule is COc1ccccc1NC(=O)c1c(C)cc(C)nc1SCC(=O)NCc1ccccc1. The number of methoxy groups -OCH3 is 1. The van der Waals surface area contributed by atoms with Crippen molar-refractivity contribution in [3.05, 3.63) is 83.0 Å². The Morgan fingerprint density at radius 3 is 2.48 bits per heavy atom. The number of benzene rings is 2. The molecule has 0 fully saturated rings. The Labute approximate surface area is 186 Å². The summed E-state index contributed by atoms with van der Waals surface area (Å²) in [7, 11) is 1.55. The van der Waals surface area contributed by atoms with Gasteiger partial charge in [-0.3, -0.25) is 9.59 Å². The molecule has 6 nitrogen and oxygen atoms in total. The molecule has 7 heteroatoms. The zero-order valence-corrected chi connectivity index (χ0v) is 18.6. The average Bonchev–Trinajstić information content (AvgIpc) is 2.76. The van der Waals surface area contributed by atoms with Crippen molar-refractivity contribution >= 4 is 29.3 Å². The summed E-state index contributed by atoms with van der Waals surface area (Å²) >= 11 is 1.25. The lowest BCUT2D eigenvalue weighted by molar-refractivity contribution is -0.118. The Kier molecular flexibility index (Phi) is 7.67. The first-order chi connectivity index (χ1) is 15.0. The van der Waals surface area contributed by atoms with E-state index in [-0.39, 0.29) is 17.6 Å². The Hall–Kier alpha value is -3.32. The Morgan fingerprint density at radius 2 is 1.74 bits per heavy atom. The molecule has 2 amide bonds. The number of thioether (sulfide) groups is 1. The maximum Gasteiger partial charge on any atom is 0.258 e. The Bertz CT molecular complexity index is 1070. The third-order valence-corrected chi connectivity index (χ3v) is 5.54. The summed E-state index contributed by atoms with van der Waals surface area (Å²) in [4.78, 5) is 29.9. The van der Waals surface area contributed by atoms with Gasteiger partial charge in [-0.05, 0) is 43.2 Å². The number of pyridine rings is 1. The van der Waals surface area contributed by atoms with Crippen LogP contribution in [0.2, 0.25) is 0 Å². The van der Waals surface area contributed by atoms with Gasteiger partial charge in [-0.25, -0.2) is 4.98 Å². The van der Waals surface area contributed by atoms with E-state index in [0.717, 1.165) is 16.8 Å². The number of hydrogen-bond acceptors (Lipinski definition) is 5. The maximum atomic E-state index is 13.1. The first-order valence-corrected chi connectivity index (χ1v) is 10.8. The highest BCUT2D eigenvalue weighted by molar-refractivity contribution is 8.00. The number of amides is 2. The summed E-state index contributed by atoms with van der Waals surface area (Å²) in [5.74, 6) is 0.327. The lowest BCUT2D eigenvalue weighted by Gasteiger charge is -2.14. The van der Waals surface area contributed by atoms with Crippen LogP contribution in [0.1, 0.15) is 27.2 Å². The number of anilines is 1. The molecule has 0 aliphatic rings. The fourth-order valence-corrected chi connectivity index (χ4v) is 4.07. The van der Waals surface area contributed by atoms with Crippen molar-refractivity contribution in [2.45, 2.75) is 25.4 Å². The van der Waals surface area contributed by atoms with Crippen LogP contribution in [0.5, 0.6) is 5.75 Å². The van der Waals surface area contributed by atoms with Gasteiger partial charge < -0.3 is 15.4 Å². The minimum atomic E-state index is -0.290. The summed E-state index contributed by atoms with van der Waals surface area (Å²) in [6.07, 6.45) is 0. The second-order valence-electron chi connectivity index (χ2n) is 6.97. The molecule has 1 heterocycles. The summed E-state index contributed by atoms with van der Waals surface area (Å²) in [6.45, 7) is 4.20. The molecule has 1 aromatic heterocycles. The Balaban J connectivity index is 1.72. The van der Waals surface area contributed by atoms with Crippen LogP contribution in [0, 0.1) is 13.8 Å². The van der Waals surface area contributed by atoms with E-state index < -0.39 is 0 Å². The lowest BCUT2D eigenvalue weighted by atomic mass is 10.1. The van der Waals surface area contributed by atoms with Crippen LogP contribution in [-0.4, -0.2) is 29.7 Å². The first kappa shape index (κ1) is 22.4. The minimum absolute atomic E-state index is 0.120. The molecule has 160 valence electrons. The molecule has 2 aromatic carbocycles. The number of ether oxygens (including phenoxy) is 1. The number of carbonyl (C=O) groups is 2. The predicted octanol–water partition coefficient (Wildman–Crippen LogP) is 4.37. The molecule has 3 aromatic rings. The zero-order valence-electron chi connectivity index (χ0n) is 17.8. The van der Waals surface area contributed by atoms with Crippen LogP contribution in [-0.2, 0) is 11.3 Å². The van der Waals surface area contributed by atoms with Crippen molar-refractivity contribution < 1.29 is 14.3 Å². The van der Waals surface area contributed by atoms with Crippen molar-refractivity contribution in [2.75, 3.05) is 18.2 Å². The van der Waals surface area contributed by atoms with E-state index in [1.54, 1.807) is 19.2 Å². The molecule has 0 aliphatic carbocycles.